The minimum atomic E-state index is 0.345. The fourth-order valence-corrected chi connectivity index (χ4v) is 2.76. The highest BCUT2D eigenvalue weighted by atomic mass is 15.3. The maximum absolute atomic E-state index is 5.83. The molecule has 0 bridgehead atoms. The maximum atomic E-state index is 5.83. The third kappa shape index (κ3) is 2.36. The Balaban J connectivity index is 1.77. The van der Waals surface area contributed by atoms with E-state index >= 15 is 0 Å². The molecule has 0 spiro atoms. The van der Waals surface area contributed by atoms with Crippen LogP contribution in [0.5, 0.6) is 0 Å². The van der Waals surface area contributed by atoms with Gasteiger partial charge in [0, 0.05) is 31.7 Å². The molecule has 0 aliphatic carbocycles. The first kappa shape index (κ1) is 12.2. The van der Waals surface area contributed by atoms with Crippen LogP contribution >= 0.6 is 0 Å². The molecule has 0 unspecified atom stereocenters. The Morgan fingerprint density at radius 3 is 2.42 bits per heavy atom. The third-order valence-corrected chi connectivity index (χ3v) is 3.61. The van der Waals surface area contributed by atoms with Crippen LogP contribution in [0.15, 0.2) is 30.3 Å². The number of nitrogens with zero attached hydrogens (tertiary/aromatic N) is 3. The van der Waals surface area contributed by atoms with E-state index in [1.165, 1.54) is 16.8 Å². The second kappa shape index (κ2) is 4.70. The molecule has 19 heavy (non-hydrogen) atoms. The predicted octanol–water partition coefficient (Wildman–Crippen LogP) is 2.56. The first-order valence-electron chi connectivity index (χ1n) is 6.76. The van der Waals surface area contributed by atoms with Crippen molar-refractivity contribution in [3.63, 3.8) is 0 Å². The first-order valence-corrected chi connectivity index (χ1v) is 6.76. The Morgan fingerprint density at radius 2 is 1.84 bits per heavy atom. The molecule has 4 nitrogen and oxygen atoms in total. The number of nitrogen functional groups attached to an aromatic ring is 1. The highest BCUT2D eigenvalue weighted by Gasteiger charge is 2.20. The van der Waals surface area contributed by atoms with Crippen molar-refractivity contribution in [2.24, 2.45) is 0 Å². The fraction of sp³-hybridized carbons (Fsp3) is 0.400. The molecule has 4 heteroatoms. The van der Waals surface area contributed by atoms with Gasteiger partial charge >= 0.3 is 0 Å². The minimum Gasteiger partial charge on any atom is -0.382 e. The standard InChI is InChI=1S/C15H20N4/c1-11(2)19-14(7-15(16)17-19)10-18-8-12-5-3-4-6-13(12)9-18/h3-7,11H,8-10H2,1-2H3,(H2,16,17). The Kier molecular flexibility index (Phi) is 3.03. The summed E-state index contributed by atoms with van der Waals surface area (Å²) in [5.41, 5.74) is 9.89. The molecule has 100 valence electrons. The number of anilines is 1. The van der Waals surface area contributed by atoms with E-state index < -0.39 is 0 Å². The molecule has 0 fully saturated rings. The van der Waals surface area contributed by atoms with Gasteiger partial charge in [0.25, 0.3) is 0 Å². The summed E-state index contributed by atoms with van der Waals surface area (Å²) in [4.78, 5) is 2.43. The van der Waals surface area contributed by atoms with Crippen molar-refractivity contribution < 1.29 is 0 Å². The zero-order valence-electron chi connectivity index (χ0n) is 11.5. The summed E-state index contributed by atoms with van der Waals surface area (Å²) in [6.45, 7) is 7.19. The highest BCUT2D eigenvalue weighted by molar-refractivity contribution is 5.32. The van der Waals surface area contributed by atoms with Crippen LogP contribution in [0.4, 0.5) is 5.82 Å². The van der Waals surface area contributed by atoms with Gasteiger partial charge in [-0.1, -0.05) is 24.3 Å². The summed E-state index contributed by atoms with van der Waals surface area (Å²) in [6, 6.07) is 11.0. The molecule has 2 aromatic rings. The second-order valence-corrected chi connectivity index (χ2v) is 5.51. The number of benzene rings is 1. The van der Waals surface area contributed by atoms with Crippen molar-refractivity contribution in [2.45, 2.75) is 39.5 Å². The van der Waals surface area contributed by atoms with Crippen molar-refractivity contribution in [3.8, 4) is 0 Å². The average Bonchev–Trinajstić information content (AvgIpc) is 2.92. The Bertz CT molecular complexity index is 561. The van der Waals surface area contributed by atoms with Crippen LogP contribution in [0.3, 0.4) is 0 Å². The summed E-state index contributed by atoms with van der Waals surface area (Å²) >= 11 is 0. The van der Waals surface area contributed by atoms with Gasteiger partial charge < -0.3 is 5.73 Å². The van der Waals surface area contributed by atoms with E-state index in [1.54, 1.807) is 0 Å². The monoisotopic (exact) mass is 256 g/mol. The van der Waals surface area contributed by atoms with Crippen LogP contribution in [0.1, 0.15) is 36.7 Å². The molecule has 0 radical (unpaired) electrons. The number of rotatable bonds is 3. The van der Waals surface area contributed by atoms with Gasteiger partial charge in [-0.05, 0) is 25.0 Å². The summed E-state index contributed by atoms with van der Waals surface area (Å²) in [5.74, 6) is 0.611. The van der Waals surface area contributed by atoms with Gasteiger partial charge in [0.05, 0.1) is 5.69 Å². The predicted molar refractivity (Wildman–Crippen MR) is 76.4 cm³/mol. The molecule has 3 rings (SSSR count). The largest absolute Gasteiger partial charge is 0.382 e. The van der Waals surface area contributed by atoms with Crippen molar-refractivity contribution in [2.75, 3.05) is 5.73 Å². The zero-order valence-corrected chi connectivity index (χ0v) is 11.5. The maximum Gasteiger partial charge on any atom is 0.145 e. The van der Waals surface area contributed by atoms with E-state index in [-0.39, 0.29) is 0 Å². The molecule has 2 heterocycles. The number of nitrogens with two attached hydrogens (primary N) is 1. The molecular weight excluding hydrogens is 236 g/mol. The molecule has 2 N–H and O–H groups in total. The van der Waals surface area contributed by atoms with Crippen molar-refractivity contribution in [3.05, 3.63) is 47.2 Å². The Morgan fingerprint density at radius 1 is 1.21 bits per heavy atom. The molecule has 1 aromatic carbocycles. The highest BCUT2D eigenvalue weighted by Crippen LogP contribution is 2.25. The van der Waals surface area contributed by atoms with Gasteiger partial charge in [0.1, 0.15) is 5.82 Å². The van der Waals surface area contributed by atoms with E-state index in [0.717, 1.165) is 19.6 Å². The SMILES string of the molecule is CC(C)n1nc(N)cc1CN1Cc2ccccc2C1. The quantitative estimate of drug-likeness (QED) is 0.918. The molecule has 0 amide bonds. The van der Waals surface area contributed by atoms with E-state index in [1.807, 2.05) is 10.7 Å². The Labute approximate surface area is 113 Å². The lowest BCUT2D eigenvalue weighted by Gasteiger charge is -2.17. The number of hydrogen-bond acceptors (Lipinski definition) is 3. The van der Waals surface area contributed by atoms with Crippen LogP contribution in [-0.4, -0.2) is 14.7 Å². The van der Waals surface area contributed by atoms with Crippen molar-refractivity contribution >= 4 is 5.82 Å². The van der Waals surface area contributed by atoms with Gasteiger partial charge in [-0.3, -0.25) is 9.58 Å². The van der Waals surface area contributed by atoms with Crippen LogP contribution in [0.2, 0.25) is 0 Å². The lowest BCUT2D eigenvalue weighted by Crippen LogP contribution is -2.19. The molecule has 0 saturated carbocycles. The van der Waals surface area contributed by atoms with E-state index in [0.29, 0.717) is 11.9 Å². The zero-order chi connectivity index (χ0) is 13.4. The Hall–Kier alpha value is -1.81. The molecule has 1 aliphatic rings. The summed E-state index contributed by atoms with van der Waals surface area (Å²) in [6.07, 6.45) is 0. The average molecular weight is 256 g/mol. The molecular formula is C15H20N4. The minimum absolute atomic E-state index is 0.345. The lowest BCUT2D eigenvalue weighted by atomic mass is 10.1. The molecule has 0 saturated heterocycles. The van der Waals surface area contributed by atoms with E-state index in [2.05, 4.69) is 48.1 Å². The fourth-order valence-electron chi connectivity index (χ4n) is 2.76. The van der Waals surface area contributed by atoms with Crippen LogP contribution in [0.25, 0.3) is 0 Å². The first-order chi connectivity index (χ1) is 9.13. The van der Waals surface area contributed by atoms with Crippen LogP contribution < -0.4 is 5.73 Å². The van der Waals surface area contributed by atoms with Crippen LogP contribution in [-0.2, 0) is 19.6 Å². The lowest BCUT2D eigenvalue weighted by molar-refractivity contribution is 0.263. The molecule has 0 atom stereocenters. The smallest absolute Gasteiger partial charge is 0.145 e. The summed E-state index contributed by atoms with van der Waals surface area (Å²) in [7, 11) is 0. The van der Waals surface area contributed by atoms with E-state index in [4.69, 9.17) is 5.73 Å². The topological polar surface area (TPSA) is 47.1 Å². The van der Waals surface area contributed by atoms with Crippen molar-refractivity contribution in [1.82, 2.24) is 14.7 Å². The normalized spacial score (nSPS) is 15.1. The van der Waals surface area contributed by atoms with Gasteiger partial charge in [-0.15, -0.1) is 0 Å². The summed E-state index contributed by atoms with van der Waals surface area (Å²) in [5, 5.41) is 4.37. The van der Waals surface area contributed by atoms with Gasteiger partial charge in [-0.2, -0.15) is 5.10 Å². The van der Waals surface area contributed by atoms with Gasteiger partial charge in [0.15, 0.2) is 0 Å². The number of fused-ring (bicyclic) bond motifs is 1. The second-order valence-electron chi connectivity index (χ2n) is 5.51. The third-order valence-electron chi connectivity index (χ3n) is 3.61. The molecule has 1 aliphatic heterocycles. The van der Waals surface area contributed by atoms with E-state index in [9.17, 15) is 0 Å². The number of aromatic nitrogens is 2. The van der Waals surface area contributed by atoms with Gasteiger partial charge in [-0.25, -0.2) is 0 Å². The summed E-state index contributed by atoms with van der Waals surface area (Å²) < 4.78 is 2.03. The molecule has 1 aromatic heterocycles. The van der Waals surface area contributed by atoms with Crippen LogP contribution in [0, 0.1) is 0 Å². The van der Waals surface area contributed by atoms with Gasteiger partial charge in [0.2, 0.25) is 0 Å². The number of hydrogen-bond donors (Lipinski definition) is 1. The van der Waals surface area contributed by atoms with Crippen molar-refractivity contribution in [1.29, 1.82) is 0 Å².